The van der Waals surface area contributed by atoms with Gasteiger partial charge in [-0.05, 0) is 42.1 Å². The molecule has 0 spiro atoms. The molecule has 2 rings (SSSR count). The third-order valence-electron chi connectivity index (χ3n) is 5.08. The first-order valence-corrected chi connectivity index (χ1v) is 7.17. The maximum absolute atomic E-state index is 9.74. The molecule has 0 radical (unpaired) electrons. The second-order valence-corrected chi connectivity index (χ2v) is 6.96. The van der Waals surface area contributed by atoms with Crippen molar-refractivity contribution >= 4 is 0 Å². The number of allylic oxidation sites excluding steroid dienone is 1. The van der Waals surface area contributed by atoms with E-state index in [1.54, 1.807) is 0 Å². The van der Waals surface area contributed by atoms with Crippen molar-refractivity contribution in [2.24, 2.45) is 23.2 Å². The zero-order valence-corrected chi connectivity index (χ0v) is 12.1. The van der Waals surface area contributed by atoms with E-state index >= 15 is 0 Å². The van der Waals surface area contributed by atoms with Crippen LogP contribution in [0, 0.1) is 23.2 Å². The molecule has 1 fully saturated rings. The Kier molecular flexibility index (Phi) is 4.07. The molecular formula is C15H26O4. The third-order valence-corrected chi connectivity index (χ3v) is 5.08. The number of fused-ring (bicyclic) bond motifs is 1. The van der Waals surface area contributed by atoms with E-state index in [0.29, 0.717) is 0 Å². The third kappa shape index (κ3) is 2.35. The van der Waals surface area contributed by atoms with Gasteiger partial charge < -0.3 is 10.2 Å². The van der Waals surface area contributed by atoms with Gasteiger partial charge in [-0.1, -0.05) is 26.8 Å². The van der Waals surface area contributed by atoms with E-state index in [9.17, 15) is 15.5 Å². The Morgan fingerprint density at radius 3 is 2.47 bits per heavy atom. The number of hydrogen-bond acceptors (Lipinski definition) is 4. The fourth-order valence-electron chi connectivity index (χ4n) is 4.05. The standard InChI is InChI=1S/C15H26O4/c1-10-4-5-11(7-16)12(8-17)13-6-14(2,3)9-15(10,13)19-18/h6,10-12,16-18H,4-5,7-9H2,1-3H3/t10-,11+,12-,15+/m0/s1. The topological polar surface area (TPSA) is 69.9 Å². The Labute approximate surface area is 115 Å². The maximum Gasteiger partial charge on any atom is 0.128 e. The lowest BCUT2D eigenvalue weighted by atomic mass is 9.76. The Hall–Kier alpha value is -0.420. The van der Waals surface area contributed by atoms with Gasteiger partial charge in [0, 0.05) is 12.5 Å². The van der Waals surface area contributed by atoms with Gasteiger partial charge in [0.2, 0.25) is 0 Å². The fraction of sp³-hybridized carbons (Fsp3) is 0.867. The van der Waals surface area contributed by atoms with E-state index in [4.69, 9.17) is 4.89 Å². The van der Waals surface area contributed by atoms with Gasteiger partial charge in [-0.25, -0.2) is 4.89 Å². The molecule has 110 valence electrons. The first-order chi connectivity index (χ1) is 8.90. The van der Waals surface area contributed by atoms with Gasteiger partial charge in [0.15, 0.2) is 0 Å². The molecule has 0 saturated heterocycles. The van der Waals surface area contributed by atoms with Crippen molar-refractivity contribution in [1.29, 1.82) is 0 Å². The molecular weight excluding hydrogens is 244 g/mol. The van der Waals surface area contributed by atoms with Gasteiger partial charge in [0.1, 0.15) is 5.60 Å². The van der Waals surface area contributed by atoms with E-state index in [2.05, 4.69) is 26.8 Å². The fourth-order valence-corrected chi connectivity index (χ4v) is 4.05. The first-order valence-electron chi connectivity index (χ1n) is 7.17. The monoisotopic (exact) mass is 270 g/mol. The highest BCUT2D eigenvalue weighted by molar-refractivity contribution is 5.33. The zero-order chi connectivity index (χ0) is 14.3. The van der Waals surface area contributed by atoms with Crippen LogP contribution in [0.25, 0.3) is 0 Å². The Morgan fingerprint density at radius 2 is 1.95 bits per heavy atom. The lowest BCUT2D eigenvalue weighted by Crippen LogP contribution is -2.42. The summed E-state index contributed by atoms with van der Waals surface area (Å²) in [5.74, 6) is 0.102. The van der Waals surface area contributed by atoms with Gasteiger partial charge >= 0.3 is 0 Å². The van der Waals surface area contributed by atoms with Crippen molar-refractivity contribution in [2.45, 2.75) is 45.6 Å². The summed E-state index contributed by atoms with van der Waals surface area (Å²) in [5.41, 5.74) is 0.226. The van der Waals surface area contributed by atoms with Crippen LogP contribution in [0.1, 0.15) is 40.0 Å². The smallest absolute Gasteiger partial charge is 0.128 e. The van der Waals surface area contributed by atoms with Crippen molar-refractivity contribution in [3.8, 4) is 0 Å². The summed E-state index contributed by atoms with van der Waals surface area (Å²) in [7, 11) is 0. The normalized spacial score (nSPS) is 41.6. The van der Waals surface area contributed by atoms with E-state index in [1.165, 1.54) is 0 Å². The van der Waals surface area contributed by atoms with Crippen LogP contribution in [0.2, 0.25) is 0 Å². The Bertz CT molecular complexity index is 363. The van der Waals surface area contributed by atoms with Crippen molar-refractivity contribution in [1.82, 2.24) is 0 Å². The Morgan fingerprint density at radius 1 is 1.26 bits per heavy atom. The molecule has 2 aliphatic carbocycles. The zero-order valence-electron chi connectivity index (χ0n) is 12.1. The highest BCUT2D eigenvalue weighted by Crippen LogP contribution is 2.55. The van der Waals surface area contributed by atoms with E-state index in [1.807, 2.05) is 0 Å². The molecule has 0 heterocycles. The molecule has 0 bridgehead atoms. The average Bonchev–Trinajstić information content (AvgIpc) is 2.60. The van der Waals surface area contributed by atoms with Crippen LogP contribution in [-0.2, 0) is 4.89 Å². The molecule has 0 aromatic heterocycles. The van der Waals surface area contributed by atoms with Crippen LogP contribution in [0.4, 0.5) is 0 Å². The van der Waals surface area contributed by atoms with Crippen LogP contribution in [0.3, 0.4) is 0 Å². The van der Waals surface area contributed by atoms with Crippen LogP contribution in [0.15, 0.2) is 11.6 Å². The minimum atomic E-state index is -0.694. The van der Waals surface area contributed by atoms with Crippen LogP contribution in [-0.4, -0.2) is 34.3 Å². The maximum atomic E-state index is 9.74. The van der Waals surface area contributed by atoms with Gasteiger partial charge in [0.05, 0.1) is 6.61 Å². The minimum absolute atomic E-state index is 0.00896. The second-order valence-electron chi connectivity index (χ2n) is 6.96. The first kappa shape index (κ1) is 15.0. The molecule has 1 saturated carbocycles. The molecule has 4 atom stereocenters. The summed E-state index contributed by atoms with van der Waals surface area (Å²) in [4.78, 5) is 4.99. The van der Waals surface area contributed by atoms with Crippen molar-refractivity contribution in [3.05, 3.63) is 11.6 Å². The van der Waals surface area contributed by atoms with E-state index in [-0.39, 0.29) is 36.4 Å². The van der Waals surface area contributed by atoms with E-state index in [0.717, 1.165) is 24.8 Å². The predicted molar refractivity (Wildman–Crippen MR) is 72.5 cm³/mol. The minimum Gasteiger partial charge on any atom is -0.396 e. The highest BCUT2D eigenvalue weighted by atomic mass is 17.1. The molecule has 3 N–H and O–H groups in total. The lowest BCUT2D eigenvalue weighted by Gasteiger charge is -2.37. The lowest BCUT2D eigenvalue weighted by molar-refractivity contribution is -0.327. The van der Waals surface area contributed by atoms with Crippen LogP contribution < -0.4 is 0 Å². The van der Waals surface area contributed by atoms with Crippen molar-refractivity contribution < 1.29 is 20.4 Å². The van der Waals surface area contributed by atoms with Crippen LogP contribution >= 0.6 is 0 Å². The van der Waals surface area contributed by atoms with Crippen LogP contribution in [0.5, 0.6) is 0 Å². The summed E-state index contributed by atoms with van der Waals surface area (Å²) in [6.07, 6.45) is 4.59. The van der Waals surface area contributed by atoms with Gasteiger partial charge in [0.25, 0.3) is 0 Å². The molecule has 0 aromatic rings. The molecule has 0 aromatic carbocycles. The Balaban J connectivity index is 2.49. The molecule has 0 aliphatic heterocycles. The van der Waals surface area contributed by atoms with E-state index < -0.39 is 5.60 Å². The summed E-state index contributed by atoms with van der Waals surface area (Å²) < 4.78 is 0. The van der Waals surface area contributed by atoms with Crippen molar-refractivity contribution in [3.63, 3.8) is 0 Å². The van der Waals surface area contributed by atoms with Gasteiger partial charge in [-0.2, -0.15) is 0 Å². The number of aliphatic hydroxyl groups excluding tert-OH is 2. The summed E-state index contributed by atoms with van der Waals surface area (Å²) in [6, 6.07) is 0. The molecule has 2 aliphatic rings. The van der Waals surface area contributed by atoms with Gasteiger partial charge in [-0.15, -0.1) is 0 Å². The predicted octanol–water partition coefficient (Wildman–Crippen LogP) is 2.22. The largest absolute Gasteiger partial charge is 0.396 e. The number of rotatable bonds is 3. The molecule has 19 heavy (non-hydrogen) atoms. The highest BCUT2D eigenvalue weighted by Gasteiger charge is 2.54. The number of hydrogen-bond donors (Lipinski definition) is 3. The quantitative estimate of drug-likeness (QED) is 0.418. The summed E-state index contributed by atoms with van der Waals surface area (Å²) in [6.45, 7) is 6.37. The van der Waals surface area contributed by atoms with Crippen molar-refractivity contribution in [2.75, 3.05) is 13.2 Å². The second kappa shape index (κ2) is 5.17. The van der Waals surface area contributed by atoms with Gasteiger partial charge in [-0.3, -0.25) is 5.26 Å². The molecule has 4 nitrogen and oxygen atoms in total. The number of aliphatic hydroxyl groups is 2. The molecule has 0 unspecified atom stereocenters. The molecule has 0 amide bonds. The summed E-state index contributed by atoms with van der Waals surface area (Å²) in [5, 5.41) is 28.9. The average molecular weight is 270 g/mol. The summed E-state index contributed by atoms with van der Waals surface area (Å²) >= 11 is 0. The molecule has 4 heteroatoms. The SMILES string of the molecule is C[C@H]1CC[C@H](CO)[C@H](CO)C2=CC(C)(C)C[C@]21OO.